The molecule has 2 rings (SSSR count). The normalized spacial score (nSPS) is 16.2. The Hall–Kier alpha value is -1.69. The van der Waals surface area contributed by atoms with Crippen molar-refractivity contribution in [2.45, 2.75) is 12.8 Å². The number of carbonyl (C=O) groups is 2. The summed E-state index contributed by atoms with van der Waals surface area (Å²) in [5, 5.41) is -0.133. The predicted molar refractivity (Wildman–Crippen MR) is 69.2 cm³/mol. The lowest BCUT2D eigenvalue weighted by Crippen LogP contribution is -2.41. The molecule has 0 aliphatic carbocycles. The number of halogens is 3. The zero-order valence-corrected chi connectivity index (χ0v) is 11.3. The Bertz CT molecular complexity index is 558. The van der Waals surface area contributed by atoms with Crippen LogP contribution in [0, 0.1) is 17.6 Å². The molecule has 0 radical (unpaired) electrons. The van der Waals surface area contributed by atoms with Crippen LogP contribution < -0.4 is 5.73 Å². The quantitative estimate of drug-likeness (QED) is 0.849. The maximum absolute atomic E-state index is 13.2. The van der Waals surface area contributed by atoms with Gasteiger partial charge in [-0.2, -0.15) is 0 Å². The summed E-state index contributed by atoms with van der Waals surface area (Å²) >= 11 is 5.77. The van der Waals surface area contributed by atoms with E-state index >= 15 is 0 Å². The van der Waals surface area contributed by atoms with Crippen LogP contribution in [0.3, 0.4) is 0 Å². The Morgan fingerprint density at radius 1 is 1.20 bits per heavy atom. The average Bonchev–Trinajstić information content (AvgIpc) is 2.42. The van der Waals surface area contributed by atoms with Crippen molar-refractivity contribution in [3.8, 4) is 0 Å². The number of piperidine rings is 1. The number of likely N-dealkylation sites (tertiary alicyclic amines) is 1. The van der Waals surface area contributed by atoms with Crippen LogP contribution >= 0.6 is 11.6 Å². The SMILES string of the molecule is NC(=O)C1CCN(C(=O)c2cc(F)c(F)cc2Cl)CC1. The Balaban J connectivity index is 2.13. The monoisotopic (exact) mass is 302 g/mol. The van der Waals surface area contributed by atoms with Gasteiger partial charge in [0.25, 0.3) is 5.91 Å². The van der Waals surface area contributed by atoms with Crippen LogP contribution in [0.2, 0.25) is 5.02 Å². The molecule has 1 aromatic carbocycles. The van der Waals surface area contributed by atoms with Gasteiger partial charge >= 0.3 is 0 Å². The minimum Gasteiger partial charge on any atom is -0.369 e. The summed E-state index contributed by atoms with van der Waals surface area (Å²) in [4.78, 5) is 24.7. The molecule has 1 aliphatic rings. The number of benzene rings is 1. The fourth-order valence-electron chi connectivity index (χ4n) is 2.22. The van der Waals surface area contributed by atoms with Crippen LogP contribution in [0.1, 0.15) is 23.2 Å². The molecule has 4 nitrogen and oxygen atoms in total. The van der Waals surface area contributed by atoms with E-state index in [2.05, 4.69) is 0 Å². The van der Waals surface area contributed by atoms with Gasteiger partial charge in [-0.05, 0) is 25.0 Å². The first kappa shape index (κ1) is 14.7. The zero-order valence-electron chi connectivity index (χ0n) is 10.5. The molecule has 0 atom stereocenters. The standard InChI is InChI=1S/C13H13ClF2N2O2/c14-9-6-11(16)10(15)5-8(9)13(20)18-3-1-7(2-4-18)12(17)19/h5-7H,1-4H2,(H2,17,19). The van der Waals surface area contributed by atoms with E-state index in [-0.39, 0.29) is 22.4 Å². The van der Waals surface area contributed by atoms with Crippen molar-refractivity contribution in [1.82, 2.24) is 4.90 Å². The fraction of sp³-hybridized carbons (Fsp3) is 0.385. The molecule has 108 valence electrons. The first-order valence-electron chi connectivity index (χ1n) is 6.13. The van der Waals surface area contributed by atoms with Crippen molar-refractivity contribution >= 4 is 23.4 Å². The summed E-state index contributed by atoms with van der Waals surface area (Å²) in [6.45, 7) is 0.670. The van der Waals surface area contributed by atoms with Crippen LogP contribution in [0.5, 0.6) is 0 Å². The van der Waals surface area contributed by atoms with Gasteiger partial charge < -0.3 is 10.6 Å². The predicted octanol–water partition coefficient (Wildman–Crippen LogP) is 1.96. The molecule has 7 heteroatoms. The molecule has 1 fully saturated rings. The molecule has 0 spiro atoms. The molecule has 1 aromatic rings. The fourth-order valence-corrected chi connectivity index (χ4v) is 2.46. The summed E-state index contributed by atoms with van der Waals surface area (Å²) < 4.78 is 26.2. The van der Waals surface area contributed by atoms with E-state index in [0.717, 1.165) is 12.1 Å². The van der Waals surface area contributed by atoms with Crippen LogP contribution in [-0.2, 0) is 4.79 Å². The molecule has 0 bridgehead atoms. The van der Waals surface area contributed by atoms with E-state index < -0.39 is 17.5 Å². The minimum absolute atomic E-state index is 0.0805. The minimum atomic E-state index is -1.12. The summed E-state index contributed by atoms with van der Waals surface area (Å²) in [5.74, 6) is -3.33. The van der Waals surface area contributed by atoms with E-state index in [1.165, 1.54) is 4.90 Å². The second-order valence-electron chi connectivity index (χ2n) is 4.72. The third-order valence-electron chi connectivity index (χ3n) is 3.42. The molecular weight excluding hydrogens is 290 g/mol. The van der Waals surface area contributed by atoms with E-state index in [0.29, 0.717) is 25.9 Å². The zero-order chi connectivity index (χ0) is 14.9. The molecule has 20 heavy (non-hydrogen) atoms. The third-order valence-corrected chi connectivity index (χ3v) is 3.74. The number of nitrogens with two attached hydrogens (primary N) is 1. The van der Waals surface area contributed by atoms with Gasteiger partial charge in [-0.3, -0.25) is 9.59 Å². The number of nitrogens with zero attached hydrogens (tertiary/aromatic N) is 1. The highest BCUT2D eigenvalue weighted by Gasteiger charge is 2.27. The Morgan fingerprint density at radius 2 is 1.75 bits per heavy atom. The highest BCUT2D eigenvalue weighted by Crippen LogP contribution is 2.24. The lowest BCUT2D eigenvalue weighted by Gasteiger charge is -2.30. The van der Waals surface area contributed by atoms with Gasteiger partial charge in [0.2, 0.25) is 5.91 Å². The smallest absolute Gasteiger partial charge is 0.255 e. The van der Waals surface area contributed by atoms with Crippen molar-refractivity contribution in [1.29, 1.82) is 0 Å². The molecule has 0 aromatic heterocycles. The molecule has 2 amide bonds. The van der Waals surface area contributed by atoms with Crippen molar-refractivity contribution in [3.63, 3.8) is 0 Å². The van der Waals surface area contributed by atoms with Gasteiger partial charge in [-0.1, -0.05) is 11.6 Å². The van der Waals surface area contributed by atoms with Crippen LogP contribution in [-0.4, -0.2) is 29.8 Å². The van der Waals surface area contributed by atoms with Gasteiger partial charge in [-0.15, -0.1) is 0 Å². The molecule has 2 N–H and O–H groups in total. The third kappa shape index (κ3) is 2.90. The molecule has 1 heterocycles. The molecule has 0 unspecified atom stereocenters. The number of primary amides is 1. The lowest BCUT2D eigenvalue weighted by atomic mass is 9.96. The number of rotatable bonds is 2. The maximum atomic E-state index is 13.2. The molecule has 1 aliphatic heterocycles. The Morgan fingerprint density at radius 3 is 2.30 bits per heavy atom. The average molecular weight is 303 g/mol. The van der Waals surface area contributed by atoms with E-state index in [9.17, 15) is 18.4 Å². The van der Waals surface area contributed by atoms with Crippen molar-refractivity contribution in [2.24, 2.45) is 11.7 Å². The lowest BCUT2D eigenvalue weighted by molar-refractivity contribution is -0.123. The van der Waals surface area contributed by atoms with E-state index in [1.807, 2.05) is 0 Å². The van der Waals surface area contributed by atoms with E-state index in [4.69, 9.17) is 17.3 Å². The maximum Gasteiger partial charge on any atom is 0.255 e. The summed E-state index contributed by atoms with van der Waals surface area (Å²) in [6.07, 6.45) is 0.921. The number of hydrogen-bond acceptors (Lipinski definition) is 2. The summed E-state index contributed by atoms with van der Waals surface area (Å²) in [7, 11) is 0. The summed E-state index contributed by atoms with van der Waals surface area (Å²) in [6, 6.07) is 1.57. The Labute approximate surface area is 119 Å². The number of amides is 2. The highest BCUT2D eigenvalue weighted by molar-refractivity contribution is 6.33. The Kier molecular flexibility index (Phi) is 4.23. The molecule has 0 saturated carbocycles. The largest absolute Gasteiger partial charge is 0.369 e. The number of hydrogen-bond donors (Lipinski definition) is 1. The molecular formula is C13H13ClF2N2O2. The van der Waals surface area contributed by atoms with Crippen LogP contribution in [0.25, 0.3) is 0 Å². The van der Waals surface area contributed by atoms with Crippen molar-refractivity contribution < 1.29 is 18.4 Å². The van der Waals surface area contributed by atoms with Gasteiger partial charge in [0, 0.05) is 19.0 Å². The first-order chi connectivity index (χ1) is 9.40. The van der Waals surface area contributed by atoms with Crippen LogP contribution in [0.4, 0.5) is 8.78 Å². The van der Waals surface area contributed by atoms with E-state index in [1.54, 1.807) is 0 Å². The van der Waals surface area contributed by atoms with Gasteiger partial charge in [0.15, 0.2) is 11.6 Å². The topological polar surface area (TPSA) is 63.4 Å². The highest BCUT2D eigenvalue weighted by atomic mass is 35.5. The van der Waals surface area contributed by atoms with Gasteiger partial charge in [0.1, 0.15) is 0 Å². The van der Waals surface area contributed by atoms with Crippen LogP contribution in [0.15, 0.2) is 12.1 Å². The first-order valence-corrected chi connectivity index (χ1v) is 6.51. The second kappa shape index (κ2) is 5.75. The van der Waals surface area contributed by atoms with Gasteiger partial charge in [-0.25, -0.2) is 8.78 Å². The van der Waals surface area contributed by atoms with Crippen molar-refractivity contribution in [2.75, 3.05) is 13.1 Å². The van der Waals surface area contributed by atoms with Gasteiger partial charge in [0.05, 0.1) is 10.6 Å². The van der Waals surface area contributed by atoms with Crippen molar-refractivity contribution in [3.05, 3.63) is 34.4 Å². The number of carbonyl (C=O) groups excluding carboxylic acids is 2. The summed E-state index contributed by atoms with van der Waals surface area (Å²) in [5.41, 5.74) is 5.13. The molecule has 1 saturated heterocycles. The second-order valence-corrected chi connectivity index (χ2v) is 5.12.